The minimum Gasteiger partial charge on any atom is -0.619 e. The van der Waals surface area contributed by atoms with Gasteiger partial charge in [-0.05, 0) is 76.0 Å². The number of rotatable bonds is 41. The van der Waals surface area contributed by atoms with Crippen LogP contribution in [0.15, 0.2) is 73.6 Å². The van der Waals surface area contributed by atoms with Gasteiger partial charge >= 0.3 is 0 Å². The highest BCUT2D eigenvalue weighted by molar-refractivity contribution is 5.06. The van der Waals surface area contributed by atoms with Crippen LogP contribution in [0.25, 0.3) is 0 Å². The van der Waals surface area contributed by atoms with Gasteiger partial charge in [0.15, 0.2) is 37.2 Å². The first-order valence-electron chi connectivity index (χ1n) is 25.5. The first-order chi connectivity index (χ1) is 29.2. The van der Waals surface area contributed by atoms with E-state index in [4.69, 9.17) is 5.11 Å². The average Bonchev–Trinajstić information content (AvgIpc) is 3.25. The largest absolute Gasteiger partial charge is 0.619 e. The standard InChI is InChI=1S/C54H91N3O2/c58-48-33-27-21-15-9-3-6-11-17-23-29-38-53-41-35-46-56(50-53)43-31-25-19-13-7-1-4-10-16-22-28-37-52-40-34-45-55(49-52)44-32-26-20-14-8-2-5-12-18-24-30-39-54-42-36-47-57(59)51-54/h34-36,40-42,45-47,49-51,58H,1-33,37-39,43-44,48H2/q+2. The van der Waals surface area contributed by atoms with Crippen LogP contribution >= 0.6 is 0 Å². The second-order valence-electron chi connectivity index (χ2n) is 18.1. The smallest absolute Gasteiger partial charge is 0.183 e. The summed E-state index contributed by atoms with van der Waals surface area (Å²) in [5.74, 6) is 0. The fourth-order valence-corrected chi connectivity index (χ4v) is 8.84. The Morgan fingerprint density at radius 3 is 0.915 bits per heavy atom. The lowest BCUT2D eigenvalue weighted by Gasteiger charge is -2.05. The van der Waals surface area contributed by atoms with Crippen molar-refractivity contribution in [1.29, 1.82) is 0 Å². The van der Waals surface area contributed by atoms with Gasteiger partial charge in [-0.15, -0.1) is 0 Å². The van der Waals surface area contributed by atoms with E-state index in [0.717, 1.165) is 29.7 Å². The van der Waals surface area contributed by atoms with Crippen molar-refractivity contribution >= 4 is 0 Å². The van der Waals surface area contributed by atoms with Crippen LogP contribution in [0, 0.1) is 5.21 Å². The fraction of sp³-hybridized carbons (Fsp3) is 0.722. The van der Waals surface area contributed by atoms with E-state index in [2.05, 4.69) is 64.3 Å². The maximum Gasteiger partial charge on any atom is 0.183 e. The fourth-order valence-electron chi connectivity index (χ4n) is 8.84. The van der Waals surface area contributed by atoms with Gasteiger partial charge in [0.1, 0.15) is 13.1 Å². The molecule has 3 rings (SSSR count). The average molecular weight is 814 g/mol. The van der Waals surface area contributed by atoms with Crippen LogP contribution < -0.4 is 13.9 Å². The van der Waals surface area contributed by atoms with E-state index in [1.165, 1.54) is 236 Å². The van der Waals surface area contributed by atoms with Crippen molar-refractivity contribution in [2.45, 2.75) is 244 Å². The molecule has 59 heavy (non-hydrogen) atoms. The Morgan fingerprint density at radius 1 is 0.322 bits per heavy atom. The summed E-state index contributed by atoms with van der Waals surface area (Å²) in [6.07, 6.45) is 60.6. The molecule has 3 heterocycles. The van der Waals surface area contributed by atoms with Gasteiger partial charge in [-0.3, -0.25) is 0 Å². The number of hydrogen-bond donors (Lipinski definition) is 1. The Morgan fingerprint density at radius 2 is 0.593 bits per heavy atom. The number of aromatic nitrogens is 3. The summed E-state index contributed by atoms with van der Waals surface area (Å²) < 4.78 is 5.77. The summed E-state index contributed by atoms with van der Waals surface area (Å²) in [6, 6.07) is 13.1. The molecule has 0 aliphatic rings. The summed E-state index contributed by atoms with van der Waals surface area (Å²) in [4.78, 5) is 0. The molecule has 332 valence electrons. The number of unbranched alkanes of at least 4 members (excludes halogenated alkanes) is 30. The molecule has 5 nitrogen and oxygen atoms in total. The van der Waals surface area contributed by atoms with E-state index in [0.29, 0.717) is 6.61 Å². The van der Waals surface area contributed by atoms with Crippen molar-refractivity contribution in [1.82, 2.24) is 0 Å². The van der Waals surface area contributed by atoms with E-state index in [1.54, 1.807) is 12.4 Å². The maximum absolute atomic E-state index is 11.4. The summed E-state index contributed by atoms with van der Waals surface area (Å²) in [5.41, 5.74) is 4.19. The summed E-state index contributed by atoms with van der Waals surface area (Å²) >= 11 is 0. The lowest BCUT2D eigenvalue weighted by Crippen LogP contribution is -2.33. The molecule has 0 radical (unpaired) electrons. The van der Waals surface area contributed by atoms with Crippen LogP contribution in [0.2, 0.25) is 0 Å². The van der Waals surface area contributed by atoms with Gasteiger partial charge in [-0.1, -0.05) is 161 Å². The number of aliphatic hydroxyl groups excluding tert-OH is 1. The van der Waals surface area contributed by atoms with Gasteiger partial charge < -0.3 is 10.3 Å². The van der Waals surface area contributed by atoms with E-state index >= 15 is 0 Å². The van der Waals surface area contributed by atoms with Crippen molar-refractivity contribution in [3.05, 3.63) is 95.5 Å². The van der Waals surface area contributed by atoms with E-state index in [1.807, 2.05) is 6.07 Å². The number of nitrogens with zero attached hydrogens (tertiary/aromatic N) is 3. The van der Waals surface area contributed by atoms with Gasteiger partial charge in [0.2, 0.25) is 0 Å². The Bertz CT molecular complexity index is 1380. The van der Waals surface area contributed by atoms with Crippen LogP contribution in [0.4, 0.5) is 0 Å². The zero-order chi connectivity index (χ0) is 41.5. The van der Waals surface area contributed by atoms with Gasteiger partial charge in [0, 0.05) is 54.3 Å². The SMILES string of the molecule is [O-][n+]1cccc(CCCCCCCCCCCCC[n+]2cccc(CCCCCCCCCCCCC[n+]3cccc(CCCCCCCCCCCCCO)c3)c2)c1. The molecule has 3 aromatic rings. The molecule has 0 saturated heterocycles. The number of hydrogen-bond acceptors (Lipinski definition) is 2. The van der Waals surface area contributed by atoms with Crippen molar-refractivity contribution in [2.24, 2.45) is 0 Å². The molecule has 0 aliphatic carbocycles. The second-order valence-corrected chi connectivity index (χ2v) is 18.1. The zero-order valence-corrected chi connectivity index (χ0v) is 38.2. The Balaban J connectivity index is 1.03. The topological polar surface area (TPSA) is 54.9 Å². The number of pyridine rings is 3. The summed E-state index contributed by atoms with van der Waals surface area (Å²) in [6.45, 7) is 2.69. The lowest BCUT2D eigenvalue weighted by molar-refractivity contribution is -0.697. The van der Waals surface area contributed by atoms with Crippen molar-refractivity contribution < 1.29 is 19.0 Å². The Labute approximate surface area is 364 Å². The Kier molecular flexibility index (Phi) is 31.7. The molecule has 0 spiro atoms. The third-order valence-electron chi connectivity index (χ3n) is 12.6. The van der Waals surface area contributed by atoms with Crippen LogP contribution in [0.1, 0.15) is 229 Å². The minimum absolute atomic E-state index is 0.358. The van der Waals surface area contributed by atoms with E-state index in [9.17, 15) is 5.21 Å². The maximum atomic E-state index is 11.4. The molecule has 0 aliphatic heterocycles. The van der Waals surface area contributed by atoms with Crippen LogP contribution in [-0.2, 0) is 32.4 Å². The van der Waals surface area contributed by atoms with E-state index < -0.39 is 0 Å². The molecule has 1 N–H and O–H groups in total. The summed E-state index contributed by atoms with van der Waals surface area (Å²) in [7, 11) is 0. The van der Waals surface area contributed by atoms with E-state index in [-0.39, 0.29) is 0 Å². The first kappa shape index (κ1) is 50.6. The third kappa shape index (κ3) is 29.2. The van der Waals surface area contributed by atoms with Gasteiger partial charge in [0.05, 0.1) is 0 Å². The quantitative estimate of drug-likeness (QED) is 0.0352. The van der Waals surface area contributed by atoms with Crippen LogP contribution in [0.5, 0.6) is 0 Å². The molecule has 0 atom stereocenters. The molecule has 3 aromatic heterocycles. The molecule has 0 amide bonds. The highest BCUT2D eigenvalue weighted by atomic mass is 16.5. The predicted octanol–water partition coefficient (Wildman–Crippen LogP) is 13.8. The molecule has 0 fully saturated rings. The van der Waals surface area contributed by atoms with Crippen molar-refractivity contribution in [3.63, 3.8) is 0 Å². The second kappa shape index (κ2) is 37.0. The van der Waals surface area contributed by atoms with Gasteiger partial charge in [-0.25, -0.2) is 9.13 Å². The molecule has 0 saturated carbocycles. The predicted molar refractivity (Wildman–Crippen MR) is 249 cm³/mol. The van der Waals surface area contributed by atoms with Crippen LogP contribution in [0.3, 0.4) is 0 Å². The minimum atomic E-state index is 0.358. The molecular weight excluding hydrogens is 723 g/mol. The first-order valence-corrected chi connectivity index (χ1v) is 25.5. The number of aliphatic hydroxyl groups is 1. The normalized spacial score (nSPS) is 11.5. The third-order valence-corrected chi connectivity index (χ3v) is 12.6. The molecular formula is C54H91N3O2+2. The zero-order valence-electron chi connectivity index (χ0n) is 38.2. The van der Waals surface area contributed by atoms with Crippen LogP contribution in [-0.4, -0.2) is 11.7 Å². The number of aryl methyl sites for hydroxylation is 5. The Hall–Kier alpha value is -2.79. The molecule has 0 bridgehead atoms. The monoisotopic (exact) mass is 814 g/mol. The summed E-state index contributed by atoms with van der Waals surface area (Å²) in [5, 5.41) is 20.2. The van der Waals surface area contributed by atoms with Gasteiger partial charge in [0.25, 0.3) is 0 Å². The van der Waals surface area contributed by atoms with Gasteiger partial charge in [-0.2, -0.15) is 4.73 Å². The highest BCUT2D eigenvalue weighted by Gasteiger charge is 2.06. The molecule has 0 unspecified atom stereocenters. The van der Waals surface area contributed by atoms with Crippen molar-refractivity contribution in [3.8, 4) is 0 Å². The van der Waals surface area contributed by atoms with Crippen molar-refractivity contribution in [2.75, 3.05) is 6.61 Å². The lowest BCUT2D eigenvalue weighted by atomic mass is 10.0. The molecule has 0 aromatic carbocycles. The highest BCUT2D eigenvalue weighted by Crippen LogP contribution is 2.16. The molecule has 5 heteroatoms.